The highest BCUT2D eigenvalue weighted by molar-refractivity contribution is 6.36. The number of fused-ring (bicyclic) bond motifs is 1. The Hall–Kier alpha value is -1.52. The Kier molecular flexibility index (Phi) is 3.83. The first-order valence-corrected chi connectivity index (χ1v) is 6.52. The molecule has 3 N–H and O–H groups in total. The van der Waals surface area contributed by atoms with Gasteiger partial charge in [0.1, 0.15) is 11.3 Å². The van der Waals surface area contributed by atoms with Crippen LogP contribution in [0, 0.1) is 6.92 Å². The largest absolute Gasteiger partial charge is 0.494 e. The van der Waals surface area contributed by atoms with Crippen LogP contribution < -0.4 is 16.0 Å². The number of benzene rings is 1. The fourth-order valence-electron chi connectivity index (χ4n) is 2.46. The summed E-state index contributed by atoms with van der Waals surface area (Å²) in [6.45, 7) is 6.17. The molecule has 5 heteroatoms. The Bertz CT molecular complexity index is 626. The van der Waals surface area contributed by atoms with Crippen LogP contribution in [0.1, 0.15) is 31.0 Å². The van der Waals surface area contributed by atoms with Crippen molar-refractivity contribution in [2.24, 2.45) is 5.84 Å². The molecule has 0 amide bonds. The van der Waals surface area contributed by atoms with Crippen molar-refractivity contribution in [3.8, 4) is 5.75 Å². The maximum Gasteiger partial charge on any atom is 0.145 e. The van der Waals surface area contributed by atoms with Crippen LogP contribution in [0.15, 0.2) is 12.1 Å². The van der Waals surface area contributed by atoms with Gasteiger partial charge in [0, 0.05) is 16.6 Å². The molecule has 0 aliphatic carbocycles. The molecule has 1 aromatic heterocycles. The van der Waals surface area contributed by atoms with Gasteiger partial charge in [-0.3, -0.25) is 5.84 Å². The Morgan fingerprint density at radius 1 is 1.37 bits per heavy atom. The summed E-state index contributed by atoms with van der Waals surface area (Å²) >= 11 is 6.31. The molecule has 1 heterocycles. The maximum absolute atomic E-state index is 6.31. The number of nitrogen functional groups attached to an aromatic ring is 1. The molecule has 0 bridgehead atoms. The van der Waals surface area contributed by atoms with Gasteiger partial charge in [-0.25, -0.2) is 4.98 Å². The molecule has 102 valence electrons. The Labute approximate surface area is 117 Å². The van der Waals surface area contributed by atoms with Gasteiger partial charge in [0.2, 0.25) is 0 Å². The summed E-state index contributed by atoms with van der Waals surface area (Å²) in [7, 11) is 1.62. The average molecular weight is 280 g/mol. The molecule has 1 aromatic carbocycles. The quantitative estimate of drug-likeness (QED) is 0.665. The molecule has 19 heavy (non-hydrogen) atoms. The van der Waals surface area contributed by atoms with Gasteiger partial charge in [-0.1, -0.05) is 25.4 Å². The predicted octanol–water partition coefficient (Wildman–Crippen LogP) is 3.61. The number of rotatable bonds is 3. The number of halogens is 1. The Balaban J connectivity index is 2.97. The number of pyridine rings is 1. The van der Waals surface area contributed by atoms with Crippen LogP contribution in [0.3, 0.4) is 0 Å². The van der Waals surface area contributed by atoms with E-state index in [0.29, 0.717) is 16.7 Å². The van der Waals surface area contributed by atoms with Gasteiger partial charge in [-0.05, 0) is 25.0 Å². The lowest BCUT2D eigenvalue weighted by Crippen LogP contribution is -2.13. The molecule has 0 fully saturated rings. The molecule has 4 nitrogen and oxygen atoms in total. The number of nitrogens with two attached hydrogens (primary N) is 1. The third-order valence-electron chi connectivity index (χ3n) is 3.22. The zero-order valence-electron chi connectivity index (χ0n) is 11.5. The Morgan fingerprint density at radius 2 is 2.05 bits per heavy atom. The molecule has 0 saturated carbocycles. The molecular formula is C14H18ClN3O. The monoisotopic (exact) mass is 279 g/mol. The lowest BCUT2D eigenvalue weighted by atomic mass is 9.96. The molecule has 0 radical (unpaired) electrons. The predicted molar refractivity (Wildman–Crippen MR) is 79.9 cm³/mol. The highest BCUT2D eigenvalue weighted by Gasteiger charge is 2.19. The number of nitrogens with one attached hydrogen (secondary N) is 1. The standard InChI is InChI=1S/C14H18ClN3O/c1-7(2)11-8(3)17-13-10(19-4)6-5-9(15)12(13)14(11)18-16/h5-7H,16H2,1-4H3,(H,17,18). The highest BCUT2D eigenvalue weighted by atomic mass is 35.5. The minimum Gasteiger partial charge on any atom is -0.494 e. The van der Waals surface area contributed by atoms with Crippen LogP contribution >= 0.6 is 11.6 Å². The van der Waals surface area contributed by atoms with Crippen LogP contribution in [-0.2, 0) is 0 Å². The van der Waals surface area contributed by atoms with Crippen molar-refractivity contribution in [3.63, 3.8) is 0 Å². The SMILES string of the molecule is COc1ccc(Cl)c2c(NN)c(C(C)C)c(C)nc12. The van der Waals surface area contributed by atoms with Gasteiger partial charge in [0.25, 0.3) is 0 Å². The summed E-state index contributed by atoms with van der Waals surface area (Å²) in [5.41, 5.74) is 6.32. The highest BCUT2D eigenvalue weighted by Crippen LogP contribution is 2.40. The minimum atomic E-state index is 0.296. The molecule has 0 atom stereocenters. The van der Waals surface area contributed by atoms with Gasteiger partial charge in [-0.2, -0.15) is 0 Å². The van der Waals surface area contributed by atoms with Gasteiger partial charge in [0.15, 0.2) is 0 Å². The molecule has 0 aliphatic heterocycles. The summed E-state index contributed by atoms with van der Waals surface area (Å²) < 4.78 is 5.35. The van der Waals surface area contributed by atoms with Gasteiger partial charge in [0.05, 0.1) is 17.8 Å². The first kappa shape index (κ1) is 13.9. The van der Waals surface area contributed by atoms with Crippen molar-refractivity contribution in [1.82, 2.24) is 4.98 Å². The number of methoxy groups -OCH3 is 1. The summed E-state index contributed by atoms with van der Waals surface area (Å²) in [6, 6.07) is 3.61. The topological polar surface area (TPSA) is 60.2 Å². The van der Waals surface area contributed by atoms with Crippen molar-refractivity contribution in [2.45, 2.75) is 26.7 Å². The number of anilines is 1. The smallest absolute Gasteiger partial charge is 0.145 e. The van der Waals surface area contributed by atoms with Crippen LogP contribution in [-0.4, -0.2) is 12.1 Å². The average Bonchev–Trinajstić information content (AvgIpc) is 2.37. The lowest BCUT2D eigenvalue weighted by molar-refractivity contribution is 0.419. The number of aromatic nitrogens is 1. The second-order valence-corrected chi connectivity index (χ2v) is 5.17. The van der Waals surface area contributed by atoms with E-state index in [9.17, 15) is 0 Å². The van der Waals surface area contributed by atoms with E-state index in [1.54, 1.807) is 13.2 Å². The zero-order chi connectivity index (χ0) is 14.2. The molecule has 2 rings (SSSR count). The van der Waals surface area contributed by atoms with Crippen LogP contribution in [0.25, 0.3) is 10.9 Å². The van der Waals surface area contributed by atoms with Crippen LogP contribution in [0.5, 0.6) is 5.75 Å². The number of nitrogens with zero attached hydrogens (tertiary/aromatic N) is 1. The van der Waals surface area contributed by atoms with E-state index in [1.807, 2.05) is 13.0 Å². The third-order valence-corrected chi connectivity index (χ3v) is 3.54. The van der Waals surface area contributed by atoms with Gasteiger partial charge >= 0.3 is 0 Å². The van der Waals surface area contributed by atoms with Crippen molar-refractivity contribution in [2.75, 3.05) is 12.5 Å². The summed E-state index contributed by atoms with van der Waals surface area (Å²) in [6.07, 6.45) is 0. The minimum absolute atomic E-state index is 0.296. The number of hydrogen-bond acceptors (Lipinski definition) is 4. The van der Waals surface area contributed by atoms with E-state index >= 15 is 0 Å². The molecule has 0 spiro atoms. The molecule has 0 saturated heterocycles. The van der Waals surface area contributed by atoms with Crippen LogP contribution in [0.2, 0.25) is 5.02 Å². The first-order valence-electron chi connectivity index (χ1n) is 6.14. The van der Waals surface area contributed by atoms with E-state index in [2.05, 4.69) is 24.3 Å². The fourth-order valence-corrected chi connectivity index (χ4v) is 2.71. The number of aryl methyl sites for hydroxylation is 1. The molecular weight excluding hydrogens is 262 g/mol. The van der Waals surface area contributed by atoms with E-state index < -0.39 is 0 Å². The number of hydrazine groups is 1. The van der Waals surface area contributed by atoms with Crippen molar-refractivity contribution >= 4 is 28.2 Å². The maximum atomic E-state index is 6.31. The van der Waals surface area contributed by atoms with E-state index in [-0.39, 0.29) is 0 Å². The molecule has 0 unspecified atom stereocenters. The Morgan fingerprint density at radius 3 is 2.58 bits per heavy atom. The molecule has 0 aliphatic rings. The van der Waals surface area contributed by atoms with Crippen LogP contribution in [0.4, 0.5) is 5.69 Å². The second-order valence-electron chi connectivity index (χ2n) is 4.76. The summed E-state index contributed by atoms with van der Waals surface area (Å²) in [5.74, 6) is 6.69. The second kappa shape index (κ2) is 5.23. The first-order chi connectivity index (χ1) is 9.01. The zero-order valence-corrected chi connectivity index (χ0v) is 12.3. The fraction of sp³-hybridized carbons (Fsp3) is 0.357. The summed E-state index contributed by atoms with van der Waals surface area (Å²) in [5, 5.41) is 1.41. The van der Waals surface area contributed by atoms with E-state index in [1.165, 1.54) is 0 Å². The normalized spacial score (nSPS) is 11.1. The van der Waals surface area contributed by atoms with E-state index in [4.69, 9.17) is 22.2 Å². The number of hydrogen-bond donors (Lipinski definition) is 2. The third kappa shape index (κ3) is 2.22. The van der Waals surface area contributed by atoms with Crippen molar-refractivity contribution < 1.29 is 4.74 Å². The molecule has 2 aromatic rings. The van der Waals surface area contributed by atoms with E-state index in [0.717, 1.165) is 27.8 Å². The van der Waals surface area contributed by atoms with Gasteiger partial charge < -0.3 is 10.2 Å². The van der Waals surface area contributed by atoms with Crippen molar-refractivity contribution in [3.05, 3.63) is 28.4 Å². The van der Waals surface area contributed by atoms with Gasteiger partial charge in [-0.15, -0.1) is 0 Å². The lowest BCUT2D eigenvalue weighted by Gasteiger charge is -2.19. The van der Waals surface area contributed by atoms with Crippen molar-refractivity contribution in [1.29, 1.82) is 0 Å². The number of ether oxygens (including phenoxy) is 1. The summed E-state index contributed by atoms with van der Waals surface area (Å²) in [4.78, 5) is 4.63.